The van der Waals surface area contributed by atoms with Gasteiger partial charge in [0.25, 0.3) is 0 Å². The van der Waals surface area contributed by atoms with Crippen molar-refractivity contribution in [3.63, 3.8) is 0 Å². The highest BCUT2D eigenvalue weighted by Gasteiger charge is 2.53. The first-order chi connectivity index (χ1) is 9.48. The van der Waals surface area contributed by atoms with Crippen LogP contribution in [-0.4, -0.2) is 10.7 Å². The molecule has 0 aromatic heterocycles. The van der Waals surface area contributed by atoms with Crippen LogP contribution in [0.4, 0.5) is 0 Å². The normalized spacial score (nSPS) is 27.2. The number of rotatable bonds is 3. The summed E-state index contributed by atoms with van der Waals surface area (Å²) in [6.45, 7) is 8.73. The van der Waals surface area contributed by atoms with Crippen LogP contribution in [0.3, 0.4) is 0 Å². The maximum atomic E-state index is 10.5. The molecule has 0 amide bonds. The fourth-order valence-corrected chi connectivity index (χ4v) is 3.87. The van der Waals surface area contributed by atoms with Crippen LogP contribution in [0, 0.1) is 5.92 Å². The Morgan fingerprint density at radius 3 is 2.80 bits per heavy atom. The number of aromatic hydroxyl groups is 1. The fraction of sp³-hybridized carbons (Fsp3) is 0.556. The summed E-state index contributed by atoms with van der Waals surface area (Å²) in [7, 11) is 0. The molecule has 2 unspecified atom stereocenters. The minimum Gasteiger partial charge on any atom is -0.508 e. The van der Waals surface area contributed by atoms with Gasteiger partial charge in [-0.2, -0.15) is 0 Å². The Kier molecular flexibility index (Phi) is 3.07. The standard InChI is InChI=1S/C18H24O2/c1-5-6-13-8-15(19)17-14-7-12(4)10-18(14,11(2)3)20-16(17)9-13/h8-11,14,19H,5-7H2,1-4H3. The average molecular weight is 272 g/mol. The molecule has 0 bridgehead atoms. The van der Waals surface area contributed by atoms with Crippen LogP contribution in [0.15, 0.2) is 23.8 Å². The van der Waals surface area contributed by atoms with Crippen LogP contribution in [0.1, 0.15) is 57.6 Å². The highest BCUT2D eigenvalue weighted by molar-refractivity contribution is 5.57. The summed E-state index contributed by atoms with van der Waals surface area (Å²) in [5, 5.41) is 10.5. The first-order valence-electron chi connectivity index (χ1n) is 7.71. The molecule has 2 atom stereocenters. The van der Waals surface area contributed by atoms with E-state index in [1.54, 1.807) is 0 Å². The van der Waals surface area contributed by atoms with Gasteiger partial charge >= 0.3 is 0 Å². The zero-order chi connectivity index (χ0) is 14.5. The van der Waals surface area contributed by atoms with Gasteiger partial charge in [0.1, 0.15) is 17.1 Å². The van der Waals surface area contributed by atoms with Crippen LogP contribution in [0.2, 0.25) is 0 Å². The van der Waals surface area contributed by atoms with Crippen molar-refractivity contribution in [2.45, 2.75) is 58.5 Å². The second kappa shape index (κ2) is 4.54. The van der Waals surface area contributed by atoms with E-state index in [-0.39, 0.29) is 11.5 Å². The third kappa shape index (κ3) is 1.77. The Bertz CT molecular complexity index is 571. The van der Waals surface area contributed by atoms with Crippen molar-refractivity contribution in [2.75, 3.05) is 0 Å². The van der Waals surface area contributed by atoms with Gasteiger partial charge in [-0.3, -0.25) is 0 Å². The van der Waals surface area contributed by atoms with Crippen molar-refractivity contribution in [2.24, 2.45) is 5.92 Å². The maximum Gasteiger partial charge on any atom is 0.137 e. The molecule has 108 valence electrons. The molecule has 0 saturated carbocycles. The predicted octanol–water partition coefficient (Wildman–Crippen LogP) is 4.57. The number of phenolic OH excluding ortho intramolecular Hbond substituents is 1. The van der Waals surface area contributed by atoms with Gasteiger partial charge in [-0.1, -0.05) is 32.8 Å². The summed E-state index contributed by atoms with van der Waals surface area (Å²) in [4.78, 5) is 0. The molecule has 1 aliphatic heterocycles. The zero-order valence-corrected chi connectivity index (χ0v) is 12.9. The largest absolute Gasteiger partial charge is 0.508 e. The fourth-order valence-electron chi connectivity index (χ4n) is 3.87. The Morgan fingerprint density at radius 2 is 2.15 bits per heavy atom. The first kappa shape index (κ1) is 13.5. The number of hydrogen-bond donors (Lipinski definition) is 1. The topological polar surface area (TPSA) is 29.5 Å². The smallest absolute Gasteiger partial charge is 0.137 e. The minimum atomic E-state index is -0.255. The van der Waals surface area contributed by atoms with Crippen molar-refractivity contribution >= 4 is 0 Å². The van der Waals surface area contributed by atoms with Crippen LogP contribution in [0.25, 0.3) is 0 Å². The lowest BCUT2D eigenvalue weighted by molar-refractivity contribution is 0.0787. The van der Waals surface area contributed by atoms with Gasteiger partial charge < -0.3 is 9.84 Å². The van der Waals surface area contributed by atoms with E-state index in [0.717, 1.165) is 30.6 Å². The second-order valence-electron chi connectivity index (χ2n) is 6.63. The lowest BCUT2D eigenvalue weighted by Gasteiger charge is -2.31. The highest BCUT2D eigenvalue weighted by atomic mass is 16.5. The van der Waals surface area contributed by atoms with E-state index in [4.69, 9.17) is 4.74 Å². The van der Waals surface area contributed by atoms with Crippen LogP contribution in [-0.2, 0) is 6.42 Å². The number of aryl methyl sites for hydroxylation is 1. The molecule has 2 nitrogen and oxygen atoms in total. The molecule has 0 radical (unpaired) electrons. The van der Waals surface area contributed by atoms with Crippen LogP contribution < -0.4 is 4.74 Å². The lowest BCUT2D eigenvalue weighted by atomic mass is 9.79. The number of allylic oxidation sites excluding steroid dienone is 1. The van der Waals surface area contributed by atoms with Crippen molar-refractivity contribution < 1.29 is 9.84 Å². The molecule has 0 spiro atoms. The molecule has 1 aromatic carbocycles. The molecule has 0 fully saturated rings. The third-order valence-electron chi connectivity index (χ3n) is 4.80. The Morgan fingerprint density at radius 1 is 1.40 bits per heavy atom. The monoisotopic (exact) mass is 272 g/mol. The van der Waals surface area contributed by atoms with Crippen LogP contribution in [0.5, 0.6) is 11.5 Å². The van der Waals surface area contributed by atoms with Gasteiger partial charge in [0.2, 0.25) is 0 Å². The molecule has 1 N–H and O–H groups in total. The Hall–Kier alpha value is -1.44. The Labute approximate surface area is 121 Å². The maximum absolute atomic E-state index is 10.5. The van der Waals surface area contributed by atoms with Gasteiger partial charge in [-0.15, -0.1) is 0 Å². The van der Waals surface area contributed by atoms with Crippen molar-refractivity contribution in [3.8, 4) is 11.5 Å². The summed E-state index contributed by atoms with van der Waals surface area (Å²) in [5.74, 6) is 1.98. The summed E-state index contributed by atoms with van der Waals surface area (Å²) in [6, 6.07) is 4.06. The summed E-state index contributed by atoms with van der Waals surface area (Å²) < 4.78 is 6.38. The molecular weight excluding hydrogens is 248 g/mol. The van der Waals surface area contributed by atoms with E-state index in [9.17, 15) is 5.11 Å². The van der Waals surface area contributed by atoms with E-state index >= 15 is 0 Å². The summed E-state index contributed by atoms with van der Waals surface area (Å²) >= 11 is 0. The number of benzene rings is 1. The quantitative estimate of drug-likeness (QED) is 0.817. The SMILES string of the molecule is CCCc1cc(O)c2c(c1)OC1(C(C)C)C=C(C)CC21. The number of ether oxygens (including phenoxy) is 1. The molecule has 2 aliphatic rings. The Balaban J connectivity index is 2.09. The molecule has 1 aliphatic carbocycles. The second-order valence-corrected chi connectivity index (χ2v) is 6.63. The third-order valence-corrected chi connectivity index (χ3v) is 4.80. The molecular formula is C18H24O2. The molecule has 1 aromatic rings. The van der Waals surface area contributed by atoms with Crippen LogP contribution >= 0.6 is 0 Å². The van der Waals surface area contributed by atoms with Gasteiger partial charge in [-0.05, 0) is 49.5 Å². The first-order valence-corrected chi connectivity index (χ1v) is 7.71. The molecule has 20 heavy (non-hydrogen) atoms. The number of fused-ring (bicyclic) bond motifs is 3. The van der Waals surface area contributed by atoms with Crippen molar-refractivity contribution in [1.29, 1.82) is 0 Å². The van der Waals surface area contributed by atoms with Gasteiger partial charge in [0.15, 0.2) is 0 Å². The number of phenols is 1. The lowest BCUT2D eigenvalue weighted by Crippen LogP contribution is -2.38. The van der Waals surface area contributed by atoms with Crippen molar-refractivity contribution in [1.82, 2.24) is 0 Å². The van der Waals surface area contributed by atoms with Gasteiger partial charge in [0.05, 0.1) is 0 Å². The van der Waals surface area contributed by atoms with E-state index < -0.39 is 0 Å². The number of hydrogen-bond acceptors (Lipinski definition) is 2. The molecule has 0 saturated heterocycles. The predicted molar refractivity (Wildman–Crippen MR) is 81.4 cm³/mol. The summed E-state index contributed by atoms with van der Waals surface area (Å²) in [6.07, 6.45) is 5.33. The van der Waals surface area contributed by atoms with Gasteiger partial charge in [0, 0.05) is 11.5 Å². The van der Waals surface area contributed by atoms with E-state index in [1.165, 1.54) is 11.1 Å². The summed E-state index contributed by atoms with van der Waals surface area (Å²) in [5.41, 5.74) is 3.30. The molecule has 2 heteroatoms. The average Bonchev–Trinajstić information content (AvgIpc) is 2.81. The van der Waals surface area contributed by atoms with Gasteiger partial charge in [-0.25, -0.2) is 0 Å². The van der Waals surface area contributed by atoms with E-state index in [0.29, 0.717) is 11.7 Å². The van der Waals surface area contributed by atoms with E-state index in [1.807, 2.05) is 6.07 Å². The highest BCUT2D eigenvalue weighted by Crippen LogP contribution is 2.58. The molecule has 1 heterocycles. The molecule has 3 rings (SSSR count). The minimum absolute atomic E-state index is 0.255. The van der Waals surface area contributed by atoms with E-state index in [2.05, 4.69) is 39.8 Å². The van der Waals surface area contributed by atoms with Crippen molar-refractivity contribution in [3.05, 3.63) is 34.9 Å². The zero-order valence-electron chi connectivity index (χ0n) is 12.9.